The summed E-state index contributed by atoms with van der Waals surface area (Å²) in [6, 6.07) is 9.26. The zero-order chi connectivity index (χ0) is 19.8. The molecule has 0 atom stereocenters. The smallest absolute Gasteiger partial charge is 0.342 e. The van der Waals surface area contributed by atoms with E-state index in [1.54, 1.807) is 25.1 Å². The maximum atomic E-state index is 12.3. The summed E-state index contributed by atoms with van der Waals surface area (Å²) < 4.78 is 29.8. The zero-order valence-corrected chi connectivity index (χ0v) is 15.7. The van der Waals surface area contributed by atoms with Crippen LogP contribution < -0.4 is 4.31 Å². The summed E-state index contributed by atoms with van der Waals surface area (Å²) in [5.74, 6) is -1.40. The molecule has 0 saturated carbocycles. The van der Waals surface area contributed by atoms with Crippen molar-refractivity contribution in [3.63, 3.8) is 0 Å². The monoisotopic (exact) mass is 389 g/mol. The van der Waals surface area contributed by atoms with E-state index in [9.17, 15) is 23.1 Å². The lowest BCUT2D eigenvalue weighted by Gasteiger charge is -2.16. The number of ketones is 1. The van der Waals surface area contributed by atoms with E-state index in [0.29, 0.717) is 24.2 Å². The molecular weight excluding hydrogens is 370 g/mol. The molecule has 0 bridgehead atoms. The van der Waals surface area contributed by atoms with Gasteiger partial charge in [0.05, 0.1) is 11.9 Å². The number of sulfonamides is 1. The number of fused-ring (bicyclic) bond motifs is 1. The first kappa shape index (κ1) is 18.9. The van der Waals surface area contributed by atoms with Crippen molar-refractivity contribution < 1.29 is 27.9 Å². The van der Waals surface area contributed by atoms with E-state index < -0.39 is 28.4 Å². The second-order valence-electron chi connectivity index (χ2n) is 6.45. The SMILES string of the molecule is Cc1ccc(O)c(C(=O)OCC(=O)c2ccc3c(c2)CCN3S(C)(=O)=O)c1. The molecule has 27 heavy (non-hydrogen) atoms. The summed E-state index contributed by atoms with van der Waals surface area (Å²) >= 11 is 0. The Morgan fingerprint density at radius 2 is 1.93 bits per heavy atom. The topological polar surface area (TPSA) is 101 Å². The number of rotatable bonds is 5. The Hall–Kier alpha value is -2.87. The molecule has 1 aliphatic rings. The van der Waals surface area contributed by atoms with Gasteiger partial charge in [0.15, 0.2) is 12.4 Å². The number of aromatic hydroxyl groups is 1. The van der Waals surface area contributed by atoms with Crippen LogP contribution in [0.5, 0.6) is 5.75 Å². The highest BCUT2D eigenvalue weighted by atomic mass is 32.2. The summed E-state index contributed by atoms with van der Waals surface area (Å²) in [7, 11) is -3.35. The number of phenolic OH excluding ortho intramolecular Hbond substituents is 1. The lowest BCUT2D eigenvalue weighted by molar-refractivity contribution is 0.0471. The predicted octanol–water partition coefficient (Wildman–Crippen LogP) is 2.06. The number of anilines is 1. The largest absolute Gasteiger partial charge is 0.507 e. The first-order valence-electron chi connectivity index (χ1n) is 8.27. The van der Waals surface area contributed by atoms with Crippen molar-refractivity contribution in [3.05, 3.63) is 58.7 Å². The van der Waals surface area contributed by atoms with Crippen LogP contribution in [-0.2, 0) is 21.2 Å². The van der Waals surface area contributed by atoms with Crippen molar-refractivity contribution in [1.29, 1.82) is 0 Å². The van der Waals surface area contributed by atoms with Crippen LogP contribution in [0, 0.1) is 6.92 Å². The molecule has 0 radical (unpaired) electrons. The molecule has 0 fully saturated rings. The van der Waals surface area contributed by atoms with Gasteiger partial charge >= 0.3 is 5.97 Å². The Balaban J connectivity index is 1.71. The summed E-state index contributed by atoms with van der Waals surface area (Å²) in [6.45, 7) is 1.64. The van der Waals surface area contributed by atoms with Gasteiger partial charge in [-0.25, -0.2) is 13.2 Å². The number of benzene rings is 2. The number of ether oxygens (including phenoxy) is 1. The fraction of sp³-hybridized carbons (Fsp3) is 0.263. The third-order valence-corrected chi connectivity index (χ3v) is 5.54. The van der Waals surface area contributed by atoms with Gasteiger partial charge in [-0.2, -0.15) is 0 Å². The highest BCUT2D eigenvalue weighted by molar-refractivity contribution is 7.92. The van der Waals surface area contributed by atoms with Gasteiger partial charge in [0.2, 0.25) is 10.0 Å². The molecule has 0 aromatic heterocycles. The van der Waals surface area contributed by atoms with E-state index in [1.807, 2.05) is 0 Å². The molecule has 0 spiro atoms. The Labute approximate surface area is 157 Å². The molecule has 142 valence electrons. The molecule has 2 aromatic carbocycles. The number of phenols is 1. The van der Waals surface area contributed by atoms with E-state index in [0.717, 1.165) is 17.4 Å². The molecular formula is C19H19NO6S. The first-order valence-corrected chi connectivity index (χ1v) is 10.1. The summed E-state index contributed by atoms with van der Waals surface area (Å²) in [5, 5.41) is 9.74. The van der Waals surface area contributed by atoms with E-state index in [1.165, 1.54) is 22.5 Å². The normalized spacial score (nSPS) is 13.3. The predicted molar refractivity (Wildman–Crippen MR) is 99.8 cm³/mol. The average molecular weight is 389 g/mol. The number of Topliss-reactive ketones (excluding diaryl/α,β-unsaturated/α-hetero) is 1. The van der Waals surface area contributed by atoms with Gasteiger partial charge in [0, 0.05) is 12.1 Å². The van der Waals surface area contributed by atoms with Crippen molar-refractivity contribution in [1.82, 2.24) is 0 Å². The molecule has 1 heterocycles. The average Bonchev–Trinajstić information content (AvgIpc) is 3.04. The number of hydrogen-bond donors (Lipinski definition) is 1. The maximum Gasteiger partial charge on any atom is 0.342 e. The summed E-state index contributed by atoms with van der Waals surface area (Å²) in [5.41, 5.74) is 2.44. The fourth-order valence-electron chi connectivity index (χ4n) is 2.99. The minimum absolute atomic E-state index is 0.000507. The van der Waals surface area contributed by atoms with Gasteiger partial charge in [-0.1, -0.05) is 11.6 Å². The molecule has 0 aliphatic carbocycles. The third-order valence-electron chi connectivity index (χ3n) is 4.36. The maximum absolute atomic E-state index is 12.3. The molecule has 1 aliphatic heterocycles. The molecule has 0 saturated heterocycles. The number of aryl methyl sites for hydroxylation is 1. The van der Waals surface area contributed by atoms with Crippen LogP contribution in [0.25, 0.3) is 0 Å². The summed E-state index contributed by atoms with van der Waals surface area (Å²) in [4.78, 5) is 24.4. The standard InChI is InChI=1S/C19H19NO6S/c1-12-3-6-17(21)15(9-12)19(23)26-11-18(22)14-4-5-16-13(10-14)7-8-20(16)27(2,24)25/h3-6,9-10,21H,7-8,11H2,1-2H3. The molecule has 3 rings (SSSR count). The second kappa shape index (κ2) is 7.03. The quantitative estimate of drug-likeness (QED) is 0.621. The van der Waals surface area contributed by atoms with E-state index in [4.69, 9.17) is 4.74 Å². The van der Waals surface area contributed by atoms with Crippen LogP contribution in [0.3, 0.4) is 0 Å². The van der Waals surface area contributed by atoms with Gasteiger partial charge in [0.1, 0.15) is 11.3 Å². The minimum Gasteiger partial charge on any atom is -0.507 e. The summed E-state index contributed by atoms with van der Waals surface area (Å²) in [6.07, 6.45) is 1.65. The second-order valence-corrected chi connectivity index (χ2v) is 8.36. The molecule has 1 N–H and O–H groups in total. The number of carbonyl (C=O) groups is 2. The van der Waals surface area contributed by atoms with Crippen molar-refractivity contribution >= 4 is 27.5 Å². The molecule has 2 aromatic rings. The van der Waals surface area contributed by atoms with Crippen LogP contribution in [0.4, 0.5) is 5.69 Å². The number of nitrogens with zero attached hydrogens (tertiary/aromatic N) is 1. The van der Waals surface area contributed by atoms with Crippen LogP contribution in [0.2, 0.25) is 0 Å². The molecule has 0 amide bonds. The van der Waals surface area contributed by atoms with Crippen LogP contribution >= 0.6 is 0 Å². The van der Waals surface area contributed by atoms with E-state index in [-0.39, 0.29) is 11.3 Å². The molecule has 0 unspecified atom stereocenters. The Morgan fingerprint density at radius 3 is 2.63 bits per heavy atom. The Kier molecular flexibility index (Phi) is 4.93. The highest BCUT2D eigenvalue weighted by Crippen LogP contribution is 2.30. The van der Waals surface area contributed by atoms with Crippen molar-refractivity contribution in [3.8, 4) is 5.75 Å². The minimum atomic E-state index is -3.35. The number of carbonyl (C=O) groups excluding carboxylic acids is 2. The third kappa shape index (κ3) is 3.95. The lowest BCUT2D eigenvalue weighted by Crippen LogP contribution is -2.27. The van der Waals surface area contributed by atoms with E-state index in [2.05, 4.69) is 0 Å². The number of hydrogen-bond acceptors (Lipinski definition) is 6. The van der Waals surface area contributed by atoms with Gasteiger partial charge in [-0.05, 0) is 49.2 Å². The van der Waals surface area contributed by atoms with Crippen molar-refractivity contribution in [2.45, 2.75) is 13.3 Å². The van der Waals surface area contributed by atoms with Gasteiger partial charge < -0.3 is 9.84 Å². The van der Waals surface area contributed by atoms with Gasteiger partial charge in [-0.15, -0.1) is 0 Å². The Morgan fingerprint density at radius 1 is 1.19 bits per heavy atom. The Bertz CT molecular complexity index is 1030. The molecule has 7 nitrogen and oxygen atoms in total. The number of esters is 1. The van der Waals surface area contributed by atoms with Crippen LogP contribution in [0.1, 0.15) is 31.8 Å². The van der Waals surface area contributed by atoms with Gasteiger partial charge in [-0.3, -0.25) is 9.10 Å². The van der Waals surface area contributed by atoms with Crippen LogP contribution in [-0.4, -0.2) is 44.7 Å². The highest BCUT2D eigenvalue weighted by Gasteiger charge is 2.27. The first-order chi connectivity index (χ1) is 12.7. The van der Waals surface area contributed by atoms with Crippen LogP contribution in [0.15, 0.2) is 36.4 Å². The van der Waals surface area contributed by atoms with Gasteiger partial charge in [0.25, 0.3) is 0 Å². The zero-order valence-electron chi connectivity index (χ0n) is 14.9. The van der Waals surface area contributed by atoms with Crippen molar-refractivity contribution in [2.24, 2.45) is 0 Å². The lowest BCUT2D eigenvalue weighted by atomic mass is 10.1. The van der Waals surface area contributed by atoms with Crippen molar-refractivity contribution in [2.75, 3.05) is 23.7 Å². The van der Waals surface area contributed by atoms with E-state index >= 15 is 0 Å². The fourth-order valence-corrected chi connectivity index (χ4v) is 3.95. The molecule has 8 heteroatoms.